The molecule has 0 aliphatic heterocycles. The van der Waals surface area contributed by atoms with Crippen LogP contribution in [0.2, 0.25) is 0 Å². The number of halogens is 3. The van der Waals surface area contributed by atoms with E-state index < -0.39 is 18.8 Å². The Morgan fingerprint density at radius 2 is 2.06 bits per heavy atom. The van der Waals surface area contributed by atoms with Gasteiger partial charge in [0, 0.05) is 19.5 Å². The van der Waals surface area contributed by atoms with E-state index in [9.17, 15) is 18.0 Å². The van der Waals surface area contributed by atoms with E-state index in [2.05, 4.69) is 12.2 Å². The van der Waals surface area contributed by atoms with Gasteiger partial charge in [-0.15, -0.1) is 0 Å². The maximum atomic E-state index is 11.8. The van der Waals surface area contributed by atoms with E-state index in [0.717, 1.165) is 4.90 Å². The lowest BCUT2D eigenvalue weighted by Gasteiger charge is -2.25. The zero-order chi connectivity index (χ0) is 12.9. The molecule has 94 valence electrons. The van der Waals surface area contributed by atoms with E-state index in [1.54, 1.807) is 12.2 Å². The van der Waals surface area contributed by atoms with Gasteiger partial charge in [-0.1, -0.05) is 12.2 Å². The quantitative estimate of drug-likeness (QED) is 0.745. The maximum Gasteiger partial charge on any atom is 0.405 e. The molecule has 0 aliphatic rings. The van der Waals surface area contributed by atoms with Crippen molar-refractivity contribution >= 4 is 23.2 Å². The monoisotopic (exact) mass is 257 g/mol. The zero-order valence-corrected chi connectivity index (χ0v) is 9.78. The van der Waals surface area contributed by atoms with Gasteiger partial charge in [-0.05, 0) is 6.92 Å². The van der Waals surface area contributed by atoms with Crippen LogP contribution in [0.3, 0.4) is 0 Å². The molecule has 16 heavy (non-hydrogen) atoms. The van der Waals surface area contributed by atoms with Crippen molar-refractivity contribution in [1.82, 2.24) is 10.2 Å². The van der Waals surface area contributed by atoms with Gasteiger partial charge in [0.25, 0.3) is 0 Å². The lowest BCUT2D eigenvalue weighted by molar-refractivity contribution is -0.123. The minimum Gasteiger partial charge on any atom is -0.393 e. The molecule has 1 atom stereocenters. The molecule has 0 aromatic carbocycles. The number of alkyl halides is 3. The molecule has 0 fully saturated rings. The fraction of sp³-hybridized carbons (Fsp3) is 0.750. The number of carbonyl (C=O) groups excluding carboxylic acids is 1. The highest BCUT2D eigenvalue weighted by Gasteiger charge is 2.28. The SMILES string of the molecule is CC(CC(N)=S)N(C)C(=O)NCC(F)(F)F. The van der Waals surface area contributed by atoms with E-state index >= 15 is 0 Å². The molecule has 0 aromatic rings. The molecule has 0 bridgehead atoms. The van der Waals surface area contributed by atoms with Gasteiger partial charge in [0.1, 0.15) is 6.54 Å². The Labute approximate surface area is 97.0 Å². The van der Waals surface area contributed by atoms with E-state index in [1.165, 1.54) is 7.05 Å². The van der Waals surface area contributed by atoms with Gasteiger partial charge in [-0.3, -0.25) is 0 Å². The Hall–Kier alpha value is -1.05. The topological polar surface area (TPSA) is 58.4 Å². The summed E-state index contributed by atoms with van der Waals surface area (Å²) in [6.07, 6.45) is -4.14. The number of nitrogens with two attached hydrogens (primary N) is 1. The number of rotatable bonds is 4. The van der Waals surface area contributed by atoms with E-state index in [1.807, 2.05) is 0 Å². The predicted octanol–water partition coefficient (Wildman–Crippen LogP) is 1.25. The normalized spacial score (nSPS) is 13.1. The van der Waals surface area contributed by atoms with Gasteiger partial charge in [-0.25, -0.2) is 4.79 Å². The summed E-state index contributed by atoms with van der Waals surface area (Å²) in [5.74, 6) is 0. The number of amides is 2. The van der Waals surface area contributed by atoms with Crippen molar-refractivity contribution in [3.05, 3.63) is 0 Å². The van der Waals surface area contributed by atoms with Crippen LogP contribution in [0.4, 0.5) is 18.0 Å². The predicted molar refractivity (Wildman–Crippen MR) is 58.1 cm³/mol. The van der Waals surface area contributed by atoms with Crippen LogP contribution in [0.15, 0.2) is 0 Å². The maximum absolute atomic E-state index is 11.8. The zero-order valence-electron chi connectivity index (χ0n) is 8.97. The third kappa shape index (κ3) is 6.44. The molecular formula is C8H14F3N3OS. The van der Waals surface area contributed by atoms with Crippen LogP contribution in [0.1, 0.15) is 13.3 Å². The van der Waals surface area contributed by atoms with Gasteiger partial charge >= 0.3 is 12.2 Å². The second kappa shape index (κ2) is 5.88. The highest BCUT2D eigenvalue weighted by Crippen LogP contribution is 2.12. The van der Waals surface area contributed by atoms with Gasteiger partial charge in [0.15, 0.2) is 0 Å². The van der Waals surface area contributed by atoms with Crippen LogP contribution >= 0.6 is 12.2 Å². The van der Waals surface area contributed by atoms with Crippen LogP contribution in [0.5, 0.6) is 0 Å². The average molecular weight is 257 g/mol. The lowest BCUT2D eigenvalue weighted by Crippen LogP contribution is -2.46. The van der Waals surface area contributed by atoms with Crippen molar-refractivity contribution < 1.29 is 18.0 Å². The molecule has 3 N–H and O–H groups in total. The first-order chi connectivity index (χ1) is 7.13. The molecular weight excluding hydrogens is 243 g/mol. The van der Waals surface area contributed by atoms with E-state index in [-0.39, 0.29) is 17.5 Å². The molecule has 0 saturated carbocycles. The number of carbonyl (C=O) groups is 1. The summed E-state index contributed by atoms with van der Waals surface area (Å²) in [7, 11) is 1.38. The second-order valence-electron chi connectivity index (χ2n) is 3.40. The molecule has 0 rings (SSSR count). The highest BCUT2D eigenvalue weighted by molar-refractivity contribution is 7.80. The molecule has 8 heteroatoms. The van der Waals surface area contributed by atoms with Crippen LogP contribution in [0.25, 0.3) is 0 Å². The number of hydrogen-bond acceptors (Lipinski definition) is 2. The fourth-order valence-corrected chi connectivity index (χ4v) is 1.17. The number of thiocarbonyl (C=S) groups is 1. The second-order valence-corrected chi connectivity index (χ2v) is 3.93. The first kappa shape index (κ1) is 14.9. The van der Waals surface area contributed by atoms with Crippen molar-refractivity contribution in [2.45, 2.75) is 25.6 Å². The van der Waals surface area contributed by atoms with Crippen LogP contribution in [-0.2, 0) is 0 Å². The summed E-state index contributed by atoms with van der Waals surface area (Å²) < 4.78 is 35.4. The molecule has 0 heterocycles. The van der Waals surface area contributed by atoms with Crippen LogP contribution in [-0.4, -0.2) is 41.7 Å². The van der Waals surface area contributed by atoms with Crippen LogP contribution in [0, 0.1) is 0 Å². The Morgan fingerprint density at radius 3 is 2.44 bits per heavy atom. The summed E-state index contributed by atoms with van der Waals surface area (Å²) in [5.41, 5.74) is 5.27. The first-order valence-corrected chi connectivity index (χ1v) is 4.90. The van der Waals surface area contributed by atoms with Gasteiger partial charge in [0.05, 0.1) is 4.99 Å². The number of nitrogens with zero attached hydrogens (tertiary/aromatic N) is 1. The Kier molecular flexibility index (Phi) is 5.49. The number of hydrogen-bond donors (Lipinski definition) is 2. The minimum atomic E-state index is -4.41. The van der Waals surface area contributed by atoms with Crippen LogP contribution < -0.4 is 11.1 Å². The smallest absolute Gasteiger partial charge is 0.393 e. The van der Waals surface area contributed by atoms with E-state index in [0.29, 0.717) is 0 Å². The summed E-state index contributed by atoms with van der Waals surface area (Å²) in [5, 5.41) is 1.75. The standard InChI is InChI=1S/C8H14F3N3OS/c1-5(3-6(12)16)14(2)7(15)13-4-8(9,10)11/h5H,3-4H2,1-2H3,(H2,12,16)(H,13,15). The summed E-state index contributed by atoms with van der Waals surface area (Å²) in [6, 6.07) is -1.15. The highest BCUT2D eigenvalue weighted by atomic mass is 32.1. The van der Waals surface area contributed by atoms with Crippen molar-refractivity contribution in [3.63, 3.8) is 0 Å². The fourth-order valence-electron chi connectivity index (χ4n) is 0.929. The van der Waals surface area contributed by atoms with Crippen molar-refractivity contribution in [2.75, 3.05) is 13.6 Å². The van der Waals surface area contributed by atoms with Gasteiger partial charge in [0.2, 0.25) is 0 Å². The van der Waals surface area contributed by atoms with Gasteiger partial charge < -0.3 is 16.0 Å². The minimum absolute atomic E-state index is 0.211. The summed E-state index contributed by atoms with van der Waals surface area (Å²) in [6.45, 7) is 0.294. The van der Waals surface area contributed by atoms with Crippen molar-refractivity contribution in [1.29, 1.82) is 0 Å². The Morgan fingerprint density at radius 1 is 1.56 bits per heavy atom. The molecule has 0 saturated heterocycles. The molecule has 4 nitrogen and oxygen atoms in total. The number of nitrogens with one attached hydrogen (secondary N) is 1. The van der Waals surface area contributed by atoms with Gasteiger partial charge in [-0.2, -0.15) is 13.2 Å². The largest absolute Gasteiger partial charge is 0.405 e. The molecule has 2 amide bonds. The molecule has 0 aromatic heterocycles. The molecule has 0 spiro atoms. The third-order valence-corrected chi connectivity index (χ3v) is 2.08. The Balaban J connectivity index is 4.13. The summed E-state index contributed by atoms with van der Waals surface area (Å²) in [4.78, 5) is 12.6. The average Bonchev–Trinajstić information content (AvgIpc) is 2.10. The first-order valence-electron chi connectivity index (χ1n) is 4.49. The Bertz CT molecular complexity index is 270. The summed E-state index contributed by atoms with van der Waals surface area (Å²) >= 11 is 4.64. The number of urea groups is 1. The third-order valence-electron chi connectivity index (χ3n) is 1.92. The molecule has 0 aliphatic carbocycles. The lowest BCUT2D eigenvalue weighted by atomic mass is 10.2. The molecule has 1 unspecified atom stereocenters. The molecule has 0 radical (unpaired) electrons. The van der Waals surface area contributed by atoms with E-state index in [4.69, 9.17) is 5.73 Å². The van der Waals surface area contributed by atoms with Crippen molar-refractivity contribution in [2.24, 2.45) is 5.73 Å². The van der Waals surface area contributed by atoms with Crippen molar-refractivity contribution in [3.8, 4) is 0 Å².